The van der Waals surface area contributed by atoms with Crippen LogP contribution in [0.15, 0.2) is 35.3 Å². The molecule has 1 N–H and O–H groups in total. The number of amides is 2. The molecule has 7 nitrogen and oxygen atoms in total. The summed E-state index contributed by atoms with van der Waals surface area (Å²) in [4.78, 5) is 36.1. The lowest BCUT2D eigenvalue weighted by molar-refractivity contribution is -0.138. The molecule has 162 valence electrons. The Labute approximate surface area is 186 Å². The van der Waals surface area contributed by atoms with Crippen LogP contribution in [0, 0.1) is 6.92 Å². The minimum atomic E-state index is -0.0167. The van der Waals surface area contributed by atoms with Gasteiger partial charge >= 0.3 is 0 Å². The number of thiophene rings is 1. The molecule has 0 bridgehead atoms. The van der Waals surface area contributed by atoms with Crippen molar-refractivity contribution in [1.29, 1.82) is 0 Å². The lowest BCUT2D eigenvalue weighted by atomic mass is 10.2. The molecule has 1 aromatic carbocycles. The Kier molecular flexibility index (Phi) is 5.50. The van der Waals surface area contributed by atoms with Crippen LogP contribution < -0.4 is 5.32 Å². The predicted octanol–water partition coefficient (Wildman–Crippen LogP) is 3.35. The second-order valence-corrected chi connectivity index (χ2v) is 9.56. The summed E-state index contributed by atoms with van der Waals surface area (Å²) in [6.07, 6.45) is 1.59. The smallest absolute Gasteiger partial charge is 0.229 e. The van der Waals surface area contributed by atoms with Crippen LogP contribution in [0.5, 0.6) is 0 Å². The second-order valence-electron chi connectivity index (χ2n) is 8.30. The van der Waals surface area contributed by atoms with Gasteiger partial charge in [-0.2, -0.15) is 0 Å². The van der Waals surface area contributed by atoms with Crippen molar-refractivity contribution in [3.8, 4) is 0 Å². The van der Waals surface area contributed by atoms with Crippen LogP contribution in [-0.2, 0) is 9.59 Å². The summed E-state index contributed by atoms with van der Waals surface area (Å²) in [5.74, 6) is 1.01. The van der Waals surface area contributed by atoms with Crippen LogP contribution in [0.25, 0.3) is 0 Å². The number of anilines is 2. The van der Waals surface area contributed by atoms with E-state index in [0.717, 1.165) is 61.4 Å². The molecule has 3 aliphatic rings. The maximum atomic E-state index is 11.8. The molecule has 0 aliphatic carbocycles. The number of rotatable bonds is 4. The van der Waals surface area contributed by atoms with E-state index >= 15 is 0 Å². The Hall–Kier alpha value is -2.71. The molecule has 2 saturated heterocycles. The maximum Gasteiger partial charge on any atom is 0.229 e. The van der Waals surface area contributed by atoms with E-state index in [4.69, 9.17) is 4.99 Å². The summed E-state index contributed by atoms with van der Waals surface area (Å²) in [5, 5.41) is 4.73. The van der Waals surface area contributed by atoms with Crippen LogP contribution in [0.3, 0.4) is 0 Å². The zero-order chi connectivity index (χ0) is 21.4. The maximum absolute atomic E-state index is 11.8. The number of aliphatic imine (C=N–C) groups is 1. The summed E-state index contributed by atoms with van der Waals surface area (Å²) < 4.78 is 0. The van der Waals surface area contributed by atoms with Crippen molar-refractivity contribution < 1.29 is 9.59 Å². The van der Waals surface area contributed by atoms with Gasteiger partial charge in [0.15, 0.2) is 0 Å². The highest BCUT2D eigenvalue weighted by Crippen LogP contribution is 2.39. The van der Waals surface area contributed by atoms with E-state index in [-0.39, 0.29) is 11.8 Å². The number of hydrogen-bond acceptors (Lipinski definition) is 7. The number of benzene rings is 1. The van der Waals surface area contributed by atoms with Crippen molar-refractivity contribution in [3.05, 3.63) is 40.8 Å². The molecule has 0 spiro atoms. The standard InChI is InChI=1S/C23H27N5O2S/c1-16-15-17-22(24-18-5-2-3-6-19(18)25-23(17)31-16)27-13-11-26(12-14-27)9-4-10-28-20(29)7-8-21(28)30/h2-3,5-6,15,25H,4,7-14H2,1H3. The molecule has 0 radical (unpaired) electrons. The number of amidine groups is 1. The molecule has 8 heteroatoms. The monoisotopic (exact) mass is 437 g/mol. The fraction of sp³-hybridized carbons (Fsp3) is 0.435. The van der Waals surface area contributed by atoms with Crippen molar-refractivity contribution in [3.63, 3.8) is 0 Å². The zero-order valence-corrected chi connectivity index (χ0v) is 18.6. The van der Waals surface area contributed by atoms with Crippen LogP contribution in [0.2, 0.25) is 0 Å². The van der Waals surface area contributed by atoms with Gasteiger partial charge < -0.3 is 10.2 Å². The van der Waals surface area contributed by atoms with Gasteiger partial charge in [0.05, 0.1) is 16.9 Å². The van der Waals surface area contributed by atoms with E-state index in [9.17, 15) is 9.59 Å². The molecule has 2 fully saturated rings. The molecule has 0 saturated carbocycles. The van der Waals surface area contributed by atoms with E-state index in [1.165, 1.54) is 15.3 Å². The highest BCUT2D eigenvalue weighted by molar-refractivity contribution is 7.16. The largest absolute Gasteiger partial charge is 0.353 e. The molecule has 0 unspecified atom stereocenters. The predicted molar refractivity (Wildman–Crippen MR) is 124 cm³/mol. The van der Waals surface area contributed by atoms with Crippen LogP contribution in [0.4, 0.5) is 16.4 Å². The first-order valence-corrected chi connectivity index (χ1v) is 11.8. The van der Waals surface area contributed by atoms with Crippen LogP contribution in [0.1, 0.15) is 29.7 Å². The van der Waals surface area contributed by atoms with Crippen molar-refractivity contribution >= 4 is 45.4 Å². The van der Waals surface area contributed by atoms with Crippen LogP contribution in [-0.4, -0.2) is 71.6 Å². The Morgan fingerprint density at radius 2 is 1.77 bits per heavy atom. The van der Waals surface area contributed by atoms with Gasteiger partial charge in [-0.25, -0.2) is 4.99 Å². The molecule has 5 rings (SSSR count). The van der Waals surface area contributed by atoms with Gasteiger partial charge in [-0.1, -0.05) is 12.1 Å². The van der Waals surface area contributed by atoms with Gasteiger partial charge in [0.2, 0.25) is 11.8 Å². The number of aryl methyl sites for hydroxylation is 1. The number of fused-ring (bicyclic) bond motifs is 2. The second kappa shape index (κ2) is 8.43. The number of likely N-dealkylation sites (tertiary alicyclic amines) is 1. The number of para-hydroxylation sites is 2. The first-order valence-electron chi connectivity index (χ1n) is 10.9. The minimum Gasteiger partial charge on any atom is -0.353 e. The molecule has 0 atom stereocenters. The first-order chi connectivity index (χ1) is 15.1. The van der Waals surface area contributed by atoms with Gasteiger partial charge in [-0.15, -0.1) is 11.3 Å². The van der Waals surface area contributed by atoms with Crippen LogP contribution >= 0.6 is 11.3 Å². The lowest BCUT2D eigenvalue weighted by Gasteiger charge is -2.36. The number of piperazine rings is 1. The summed E-state index contributed by atoms with van der Waals surface area (Å²) in [7, 11) is 0. The number of carbonyl (C=O) groups is 2. The van der Waals surface area contributed by atoms with E-state index in [0.29, 0.717) is 19.4 Å². The average Bonchev–Trinajstić information content (AvgIpc) is 3.24. The number of hydrogen-bond donors (Lipinski definition) is 1. The SMILES string of the molecule is Cc1cc2c(s1)Nc1ccccc1N=C2N1CCN(CCCN2C(=O)CCC2=O)CC1. The molecular formula is C23H27N5O2S. The number of imide groups is 1. The fourth-order valence-electron chi connectivity index (χ4n) is 4.50. The summed E-state index contributed by atoms with van der Waals surface area (Å²) in [6.45, 7) is 7.32. The topological polar surface area (TPSA) is 68.2 Å². The Morgan fingerprint density at radius 1 is 1.03 bits per heavy atom. The molecule has 31 heavy (non-hydrogen) atoms. The Morgan fingerprint density at radius 3 is 2.55 bits per heavy atom. The Bertz CT molecular complexity index is 1020. The van der Waals surface area contributed by atoms with E-state index in [1.54, 1.807) is 11.3 Å². The molecule has 3 aliphatic heterocycles. The molecule has 2 amide bonds. The third-order valence-electron chi connectivity index (χ3n) is 6.16. The summed E-state index contributed by atoms with van der Waals surface area (Å²) in [6, 6.07) is 10.4. The first kappa shape index (κ1) is 20.2. The molecule has 4 heterocycles. The van der Waals surface area contributed by atoms with Gasteiger partial charge in [-0.3, -0.25) is 19.4 Å². The van der Waals surface area contributed by atoms with E-state index in [2.05, 4.69) is 40.2 Å². The van der Waals surface area contributed by atoms with Crippen molar-refractivity contribution in [2.24, 2.45) is 4.99 Å². The van der Waals surface area contributed by atoms with Gasteiger partial charge in [0, 0.05) is 50.4 Å². The minimum absolute atomic E-state index is 0.0167. The van der Waals surface area contributed by atoms with E-state index in [1.807, 2.05) is 12.1 Å². The fourth-order valence-corrected chi connectivity index (χ4v) is 5.42. The van der Waals surface area contributed by atoms with Crippen molar-refractivity contribution in [1.82, 2.24) is 14.7 Å². The molecular weight excluding hydrogens is 410 g/mol. The summed E-state index contributed by atoms with van der Waals surface area (Å²) in [5.41, 5.74) is 3.20. The Balaban J connectivity index is 1.24. The van der Waals surface area contributed by atoms with Gasteiger partial charge in [0.25, 0.3) is 0 Å². The number of nitrogens with one attached hydrogen (secondary N) is 1. The highest BCUT2D eigenvalue weighted by atomic mass is 32.1. The summed E-state index contributed by atoms with van der Waals surface area (Å²) >= 11 is 1.77. The highest BCUT2D eigenvalue weighted by Gasteiger charge is 2.29. The van der Waals surface area contributed by atoms with Gasteiger partial charge in [0.1, 0.15) is 10.8 Å². The van der Waals surface area contributed by atoms with Crippen molar-refractivity contribution in [2.75, 3.05) is 44.6 Å². The molecule has 1 aromatic heterocycles. The zero-order valence-electron chi connectivity index (χ0n) is 17.8. The normalized spacial score (nSPS) is 19.1. The van der Waals surface area contributed by atoms with E-state index < -0.39 is 0 Å². The molecule has 2 aromatic rings. The number of nitrogens with zero attached hydrogens (tertiary/aromatic N) is 4. The quantitative estimate of drug-likeness (QED) is 0.743. The third kappa shape index (κ3) is 4.09. The van der Waals surface area contributed by atoms with Crippen molar-refractivity contribution in [2.45, 2.75) is 26.2 Å². The lowest BCUT2D eigenvalue weighted by Crippen LogP contribution is -2.49. The number of carbonyl (C=O) groups excluding carboxylic acids is 2. The van der Waals surface area contributed by atoms with Gasteiger partial charge in [-0.05, 0) is 38.1 Å². The average molecular weight is 438 g/mol. The third-order valence-corrected chi connectivity index (χ3v) is 7.12.